The molecule has 0 unspecified atom stereocenters. The molecule has 0 fully saturated rings. The number of halogens is 1. The predicted molar refractivity (Wildman–Crippen MR) is 152 cm³/mol. The highest BCUT2D eigenvalue weighted by atomic mass is 19.1. The summed E-state index contributed by atoms with van der Waals surface area (Å²) in [7, 11) is 0. The molecule has 6 nitrogen and oxygen atoms in total. The number of anilines is 1. The van der Waals surface area contributed by atoms with Crippen molar-refractivity contribution in [3.8, 4) is 16.9 Å². The second kappa shape index (κ2) is 11.7. The molecule has 0 radical (unpaired) electrons. The van der Waals surface area contributed by atoms with Crippen molar-refractivity contribution in [2.24, 2.45) is 0 Å². The molecular weight excluding hydrogens is 491 g/mol. The maximum atomic E-state index is 13.7. The average molecular weight is 521 g/mol. The second-order valence-electron chi connectivity index (χ2n) is 9.32. The molecule has 0 saturated carbocycles. The first-order valence-electron chi connectivity index (χ1n) is 13.0. The van der Waals surface area contributed by atoms with E-state index in [9.17, 15) is 14.0 Å². The Kier molecular flexibility index (Phi) is 7.78. The zero-order chi connectivity index (χ0) is 27.2. The van der Waals surface area contributed by atoms with E-state index in [1.165, 1.54) is 12.1 Å². The minimum Gasteiger partial charge on any atom is -0.329 e. The fraction of sp³-hybridized carbons (Fsp3) is 0.156. The number of carbonyl (C=O) groups is 2. The first-order valence-corrected chi connectivity index (χ1v) is 13.0. The van der Waals surface area contributed by atoms with Gasteiger partial charge in [0.2, 0.25) is 5.91 Å². The first-order chi connectivity index (χ1) is 19.0. The molecule has 5 aromatic rings. The highest BCUT2D eigenvalue weighted by molar-refractivity contribution is 6.08. The van der Waals surface area contributed by atoms with Crippen LogP contribution in [0, 0.1) is 5.82 Å². The Bertz CT molecular complexity index is 1590. The van der Waals surface area contributed by atoms with Crippen molar-refractivity contribution in [1.82, 2.24) is 14.7 Å². The number of rotatable bonds is 9. The Hall–Kier alpha value is -4.78. The molecular formula is C32H29FN4O2. The fourth-order valence-corrected chi connectivity index (χ4v) is 4.54. The number of hydrogen-bond acceptors (Lipinski definition) is 3. The molecule has 1 N–H and O–H groups in total. The third-order valence-electron chi connectivity index (χ3n) is 6.54. The lowest BCUT2D eigenvalue weighted by Gasteiger charge is -2.23. The van der Waals surface area contributed by atoms with E-state index in [0.29, 0.717) is 29.3 Å². The molecule has 196 valence electrons. The zero-order valence-corrected chi connectivity index (χ0v) is 21.7. The van der Waals surface area contributed by atoms with Crippen LogP contribution in [0.3, 0.4) is 0 Å². The number of nitrogens with zero attached hydrogens (tertiary/aromatic N) is 3. The topological polar surface area (TPSA) is 67.2 Å². The zero-order valence-electron chi connectivity index (χ0n) is 21.7. The number of amides is 2. The van der Waals surface area contributed by atoms with Crippen LogP contribution in [-0.4, -0.2) is 39.6 Å². The van der Waals surface area contributed by atoms with E-state index in [1.54, 1.807) is 33.8 Å². The number of fused-ring (bicyclic) bond motifs is 1. The van der Waals surface area contributed by atoms with Crippen LogP contribution in [0.25, 0.3) is 27.7 Å². The summed E-state index contributed by atoms with van der Waals surface area (Å²) in [5.41, 5.74) is 2.71. The lowest BCUT2D eigenvalue weighted by molar-refractivity contribution is -0.116. The van der Waals surface area contributed by atoms with Gasteiger partial charge in [0.05, 0.1) is 11.4 Å². The van der Waals surface area contributed by atoms with Crippen molar-refractivity contribution < 1.29 is 14.0 Å². The summed E-state index contributed by atoms with van der Waals surface area (Å²) in [6, 6.07) is 30.6. The van der Waals surface area contributed by atoms with Gasteiger partial charge in [-0.05, 0) is 47.5 Å². The molecule has 5 rings (SSSR count). The molecule has 39 heavy (non-hydrogen) atoms. The summed E-state index contributed by atoms with van der Waals surface area (Å²) in [6.07, 6.45) is 1.66. The Morgan fingerprint density at radius 1 is 0.897 bits per heavy atom. The Balaban J connectivity index is 1.43. The maximum Gasteiger partial charge on any atom is 0.254 e. The smallest absolute Gasteiger partial charge is 0.254 e. The van der Waals surface area contributed by atoms with E-state index in [4.69, 9.17) is 0 Å². The van der Waals surface area contributed by atoms with E-state index in [-0.39, 0.29) is 24.2 Å². The van der Waals surface area contributed by atoms with Gasteiger partial charge >= 0.3 is 0 Å². The van der Waals surface area contributed by atoms with Crippen molar-refractivity contribution in [2.75, 3.05) is 18.4 Å². The molecule has 4 aromatic carbocycles. The largest absolute Gasteiger partial charge is 0.329 e. The molecule has 0 atom stereocenters. The van der Waals surface area contributed by atoms with Crippen LogP contribution in [0.15, 0.2) is 103 Å². The summed E-state index contributed by atoms with van der Waals surface area (Å²) >= 11 is 0. The van der Waals surface area contributed by atoms with Gasteiger partial charge in [-0.15, -0.1) is 0 Å². The van der Waals surface area contributed by atoms with Gasteiger partial charge in [0.25, 0.3) is 5.91 Å². The van der Waals surface area contributed by atoms with Crippen LogP contribution >= 0.6 is 0 Å². The Morgan fingerprint density at radius 2 is 1.62 bits per heavy atom. The fourth-order valence-electron chi connectivity index (χ4n) is 4.54. The lowest BCUT2D eigenvalue weighted by atomic mass is 10.0. The highest BCUT2D eigenvalue weighted by Gasteiger charge is 2.22. The average Bonchev–Trinajstić information content (AvgIpc) is 3.39. The monoisotopic (exact) mass is 520 g/mol. The lowest BCUT2D eigenvalue weighted by Crippen LogP contribution is -2.39. The summed E-state index contributed by atoms with van der Waals surface area (Å²) in [5, 5.41) is 9.44. The number of hydrogen-bond donors (Lipinski definition) is 1. The van der Waals surface area contributed by atoms with E-state index in [0.717, 1.165) is 29.2 Å². The molecule has 0 bridgehead atoms. The van der Waals surface area contributed by atoms with E-state index in [1.807, 2.05) is 73.7 Å². The van der Waals surface area contributed by atoms with Gasteiger partial charge in [0, 0.05) is 23.7 Å². The Morgan fingerprint density at radius 3 is 2.38 bits per heavy atom. The van der Waals surface area contributed by atoms with Crippen molar-refractivity contribution >= 4 is 28.4 Å². The number of unbranched alkanes of at least 4 members (excludes halogenated alkanes) is 1. The van der Waals surface area contributed by atoms with Gasteiger partial charge in [-0.2, -0.15) is 5.10 Å². The van der Waals surface area contributed by atoms with Gasteiger partial charge in [0.1, 0.15) is 18.2 Å². The molecule has 2 amide bonds. The molecule has 0 aliphatic carbocycles. The third kappa shape index (κ3) is 5.88. The Labute approximate surface area is 226 Å². The van der Waals surface area contributed by atoms with Gasteiger partial charge in [-0.1, -0.05) is 80.1 Å². The minimum atomic E-state index is -0.363. The number of benzene rings is 4. The van der Waals surface area contributed by atoms with Gasteiger partial charge in [0.15, 0.2) is 0 Å². The first kappa shape index (κ1) is 25.9. The number of aromatic nitrogens is 2. The summed E-state index contributed by atoms with van der Waals surface area (Å²) in [5.74, 6) is -0.466. The number of carbonyl (C=O) groups excluding carboxylic acids is 2. The van der Waals surface area contributed by atoms with Crippen LogP contribution in [-0.2, 0) is 4.79 Å². The highest BCUT2D eigenvalue weighted by Crippen LogP contribution is 2.25. The standard InChI is InChI=1S/C32H29FN4O2/c1-2-3-20-36(32(39)28-15-9-13-23-10-7-8-14-27(23)28)22-31(38)34-30-21-29(24-11-5-4-6-12-24)35-37(30)26-18-16-25(33)17-19-26/h4-19,21H,2-3,20,22H2,1H3,(H,34,38). The summed E-state index contributed by atoms with van der Waals surface area (Å²) < 4.78 is 15.2. The predicted octanol–water partition coefficient (Wildman–Crippen LogP) is 6.71. The number of nitrogens with one attached hydrogen (secondary N) is 1. The quantitative estimate of drug-likeness (QED) is 0.235. The summed E-state index contributed by atoms with van der Waals surface area (Å²) in [4.78, 5) is 28.6. The van der Waals surface area contributed by atoms with Crippen molar-refractivity contribution in [3.05, 3.63) is 115 Å². The normalized spacial score (nSPS) is 10.9. The molecule has 7 heteroatoms. The van der Waals surface area contributed by atoms with Crippen molar-refractivity contribution in [1.29, 1.82) is 0 Å². The summed E-state index contributed by atoms with van der Waals surface area (Å²) in [6.45, 7) is 2.39. The second-order valence-corrected chi connectivity index (χ2v) is 9.32. The van der Waals surface area contributed by atoms with Crippen LogP contribution in [0.1, 0.15) is 30.1 Å². The molecule has 0 aliphatic heterocycles. The van der Waals surface area contributed by atoms with E-state index >= 15 is 0 Å². The van der Waals surface area contributed by atoms with Gasteiger partial charge < -0.3 is 10.2 Å². The van der Waals surface area contributed by atoms with Crippen molar-refractivity contribution in [2.45, 2.75) is 19.8 Å². The maximum absolute atomic E-state index is 13.7. The SMILES string of the molecule is CCCCN(CC(=O)Nc1cc(-c2ccccc2)nn1-c1ccc(F)cc1)C(=O)c1cccc2ccccc12. The molecule has 0 saturated heterocycles. The van der Waals surface area contributed by atoms with Crippen LogP contribution in [0.5, 0.6) is 0 Å². The molecule has 1 aromatic heterocycles. The van der Waals surface area contributed by atoms with Gasteiger partial charge in [-0.25, -0.2) is 9.07 Å². The third-order valence-corrected chi connectivity index (χ3v) is 6.54. The molecule has 0 aliphatic rings. The van der Waals surface area contributed by atoms with Gasteiger partial charge in [-0.3, -0.25) is 9.59 Å². The van der Waals surface area contributed by atoms with E-state index < -0.39 is 0 Å². The minimum absolute atomic E-state index is 0.114. The van der Waals surface area contributed by atoms with Crippen LogP contribution < -0.4 is 5.32 Å². The van der Waals surface area contributed by atoms with E-state index in [2.05, 4.69) is 10.4 Å². The van der Waals surface area contributed by atoms with Crippen molar-refractivity contribution in [3.63, 3.8) is 0 Å². The molecule has 1 heterocycles. The molecule has 0 spiro atoms. The van der Waals surface area contributed by atoms with Crippen LogP contribution in [0.4, 0.5) is 10.2 Å². The van der Waals surface area contributed by atoms with Crippen LogP contribution in [0.2, 0.25) is 0 Å².